The lowest BCUT2D eigenvalue weighted by molar-refractivity contribution is -0.123. The Labute approximate surface area is 142 Å². The molecule has 0 aromatic carbocycles. The second-order valence-electron chi connectivity index (χ2n) is 8.32. The fourth-order valence-electron chi connectivity index (χ4n) is 4.25. The Kier molecular flexibility index (Phi) is 6.90. The fourth-order valence-corrected chi connectivity index (χ4v) is 4.25. The van der Waals surface area contributed by atoms with Crippen molar-refractivity contribution in [1.29, 1.82) is 0 Å². The zero-order valence-corrected chi connectivity index (χ0v) is 15.6. The van der Waals surface area contributed by atoms with E-state index in [4.69, 9.17) is 4.74 Å². The fraction of sp³-hybridized carbons (Fsp3) is 0.947. The Morgan fingerprint density at radius 1 is 1.22 bits per heavy atom. The van der Waals surface area contributed by atoms with Gasteiger partial charge in [0, 0.05) is 12.6 Å². The average Bonchev–Trinajstić information content (AvgIpc) is 2.84. The number of carbonyl (C=O) groups excluding carboxylic acids is 1. The van der Waals surface area contributed by atoms with Gasteiger partial charge in [-0.15, -0.1) is 0 Å². The minimum absolute atomic E-state index is 0.172. The van der Waals surface area contributed by atoms with Crippen molar-refractivity contribution < 1.29 is 9.53 Å². The van der Waals surface area contributed by atoms with E-state index in [1.165, 1.54) is 38.5 Å². The Balaban J connectivity index is 1.69. The van der Waals surface area contributed by atoms with Crippen LogP contribution in [0.15, 0.2) is 0 Å². The molecule has 1 unspecified atom stereocenters. The summed E-state index contributed by atoms with van der Waals surface area (Å²) in [7, 11) is 0. The topological polar surface area (TPSA) is 41.6 Å². The molecule has 1 saturated heterocycles. The van der Waals surface area contributed by atoms with Gasteiger partial charge in [0.2, 0.25) is 5.91 Å². The van der Waals surface area contributed by atoms with Gasteiger partial charge >= 0.3 is 0 Å². The molecule has 1 aliphatic carbocycles. The molecule has 0 bridgehead atoms. The highest BCUT2D eigenvalue weighted by atomic mass is 16.5. The highest BCUT2D eigenvalue weighted by Gasteiger charge is 2.41. The first-order valence-corrected chi connectivity index (χ1v) is 9.52. The molecule has 1 aliphatic heterocycles. The molecule has 2 aliphatic rings. The van der Waals surface area contributed by atoms with Crippen LogP contribution in [0.3, 0.4) is 0 Å². The highest BCUT2D eigenvalue weighted by molar-refractivity contribution is 5.78. The van der Waals surface area contributed by atoms with Crippen LogP contribution in [0.4, 0.5) is 0 Å². The van der Waals surface area contributed by atoms with E-state index >= 15 is 0 Å². The highest BCUT2D eigenvalue weighted by Crippen LogP contribution is 2.49. The van der Waals surface area contributed by atoms with Crippen molar-refractivity contribution in [2.75, 3.05) is 26.2 Å². The molecule has 2 rings (SSSR count). The van der Waals surface area contributed by atoms with Gasteiger partial charge in [0.15, 0.2) is 0 Å². The van der Waals surface area contributed by atoms with Crippen LogP contribution >= 0.6 is 0 Å². The lowest BCUT2D eigenvalue weighted by Crippen LogP contribution is -2.45. The molecule has 4 nitrogen and oxygen atoms in total. The standard InChI is InChI=1S/C19H36N2O2/c1-15(2)20-18(22)14-21-10-8-19(9-11-21)7-5-17(13-19)6-12-23-16(3)4/h15-17H,5-14H2,1-4H3,(H,20,22). The summed E-state index contributed by atoms with van der Waals surface area (Å²) in [6.07, 6.45) is 8.24. The minimum Gasteiger partial charge on any atom is -0.379 e. The maximum atomic E-state index is 11.9. The number of likely N-dealkylation sites (tertiary alicyclic amines) is 1. The number of amides is 1. The monoisotopic (exact) mass is 324 g/mol. The van der Waals surface area contributed by atoms with Crippen LogP contribution in [0.2, 0.25) is 0 Å². The van der Waals surface area contributed by atoms with Crippen LogP contribution in [-0.2, 0) is 9.53 Å². The summed E-state index contributed by atoms with van der Waals surface area (Å²) >= 11 is 0. The van der Waals surface area contributed by atoms with Crippen molar-refractivity contribution in [2.24, 2.45) is 11.3 Å². The van der Waals surface area contributed by atoms with Crippen molar-refractivity contribution in [2.45, 2.75) is 78.4 Å². The van der Waals surface area contributed by atoms with Crippen molar-refractivity contribution in [1.82, 2.24) is 10.2 Å². The second-order valence-corrected chi connectivity index (χ2v) is 8.32. The molecule has 23 heavy (non-hydrogen) atoms. The Morgan fingerprint density at radius 3 is 2.52 bits per heavy atom. The Bertz CT molecular complexity index is 374. The maximum Gasteiger partial charge on any atom is 0.234 e. The Morgan fingerprint density at radius 2 is 1.91 bits per heavy atom. The number of hydrogen-bond donors (Lipinski definition) is 1. The molecule has 134 valence electrons. The van der Waals surface area contributed by atoms with Crippen LogP contribution < -0.4 is 5.32 Å². The van der Waals surface area contributed by atoms with Crippen molar-refractivity contribution in [3.63, 3.8) is 0 Å². The molecule has 1 atom stereocenters. The largest absolute Gasteiger partial charge is 0.379 e. The van der Waals surface area contributed by atoms with Crippen molar-refractivity contribution in [3.8, 4) is 0 Å². The van der Waals surface area contributed by atoms with E-state index in [0.29, 0.717) is 18.1 Å². The van der Waals surface area contributed by atoms with Gasteiger partial charge in [-0.2, -0.15) is 0 Å². The molecule has 1 N–H and O–H groups in total. The molecular formula is C19H36N2O2. The van der Waals surface area contributed by atoms with E-state index in [9.17, 15) is 4.79 Å². The number of rotatable bonds is 7. The number of piperidine rings is 1. The molecular weight excluding hydrogens is 288 g/mol. The lowest BCUT2D eigenvalue weighted by atomic mass is 9.76. The number of hydrogen-bond acceptors (Lipinski definition) is 3. The van der Waals surface area contributed by atoms with Gasteiger partial charge in [0.25, 0.3) is 0 Å². The van der Waals surface area contributed by atoms with E-state index in [-0.39, 0.29) is 11.9 Å². The minimum atomic E-state index is 0.172. The first kappa shape index (κ1) is 18.7. The second kappa shape index (κ2) is 8.48. The SMILES string of the molecule is CC(C)NC(=O)CN1CCC2(CCC(CCOC(C)C)C2)CC1. The van der Waals surface area contributed by atoms with E-state index in [1.54, 1.807) is 0 Å². The summed E-state index contributed by atoms with van der Waals surface area (Å²) in [5, 5.41) is 3.00. The van der Waals surface area contributed by atoms with Crippen molar-refractivity contribution in [3.05, 3.63) is 0 Å². The van der Waals surface area contributed by atoms with E-state index in [1.807, 2.05) is 13.8 Å². The van der Waals surface area contributed by atoms with Gasteiger partial charge in [-0.3, -0.25) is 9.69 Å². The molecule has 1 heterocycles. The number of nitrogens with zero attached hydrogens (tertiary/aromatic N) is 1. The third kappa shape index (κ3) is 6.07. The predicted octanol–water partition coefficient (Wildman–Crippen LogP) is 3.21. The summed E-state index contributed by atoms with van der Waals surface area (Å²) in [6, 6.07) is 0.238. The normalized spacial score (nSPS) is 24.7. The summed E-state index contributed by atoms with van der Waals surface area (Å²) < 4.78 is 5.72. The average molecular weight is 325 g/mol. The summed E-state index contributed by atoms with van der Waals surface area (Å²) in [5.74, 6) is 1.02. The number of ether oxygens (including phenoxy) is 1. The molecule has 0 aromatic rings. The molecule has 2 fully saturated rings. The first-order valence-electron chi connectivity index (χ1n) is 9.52. The number of nitrogens with one attached hydrogen (secondary N) is 1. The smallest absolute Gasteiger partial charge is 0.234 e. The molecule has 1 amide bonds. The zero-order valence-electron chi connectivity index (χ0n) is 15.6. The van der Waals surface area contributed by atoms with Crippen LogP contribution in [-0.4, -0.2) is 49.2 Å². The maximum absolute atomic E-state index is 11.9. The van der Waals surface area contributed by atoms with Crippen molar-refractivity contribution >= 4 is 5.91 Å². The molecule has 4 heteroatoms. The van der Waals surface area contributed by atoms with E-state index < -0.39 is 0 Å². The summed E-state index contributed by atoms with van der Waals surface area (Å²) in [6.45, 7) is 11.9. The van der Waals surface area contributed by atoms with Crippen LogP contribution in [0.25, 0.3) is 0 Å². The van der Waals surface area contributed by atoms with Gasteiger partial charge in [-0.05, 0) is 90.6 Å². The van der Waals surface area contributed by atoms with Gasteiger partial charge in [-0.25, -0.2) is 0 Å². The third-order valence-electron chi connectivity index (χ3n) is 5.52. The summed E-state index contributed by atoms with van der Waals surface area (Å²) in [5.41, 5.74) is 0.563. The van der Waals surface area contributed by atoms with E-state index in [2.05, 4.69) is 24.1 Å². The van der Waals surface area contributed by atoms with Gasteiger partial charge in [0.05, 0.1) is 12.6 Å². The summed E-state index contributed by atoms with van der Waals surface area (Å²) in [4.78, 5) is 14.2. The lowest BCUT2D eigenvalue weighted by Gasteiger charge is -2.39. The van der Waals surface area contributed by atoms with Gasteiger partial charge < -0.3 is 10.1 Å². The third-order valence-corrected chi connectivity index (χ3v) is 5.52. The predicted molar refractivity (Wildman–Crippen MR) is 94.4 cm³/mol. The van der Waals surface area contributed by atoms with Crippen LogP contribution in [0.1, 0.15) is 66.2 Å². The number of carbonyl (C=O) groups is 1. The molecule has 1 spiro atoms. The zero-order chi connectivity index (χ0) is 16.9. The quantitative estimate of drug-likeness (QED) is 0.782. The van der Waals surface area contributed by atoms with Gasteiger partial charge in [-0.1, -0.05) is 0 Å². The first-order chi connectivity index (χ1) is 10.9. The van der Waals surface area contributed by atoms with E-state index in [0.717, 1.165) is 25.6 Å². The molecule has 0 radical (unpaired) electrons. The molecule has 0 aromatic heterocycles. The Hall–Kier alpha value is -0.610. The van der Waals surface area contributed by atoms with Crippen LogP contribution in [0.5, 0.6) is 0 Å². The van der Waals surface area contributed by atoms with Crippen LogP contribution in [0, 0.1) is 11.3 Å². The molecule has 1 saturated carbocycles. The van der Waals surface area contributed by atoms with Gasteiger partial charge in [0.1, 0.15) is 0 Å².